The lowest BCUT2D eigenvalue weighted by molar-refractivity contribution is 0.259. The third-order valence-corrected chi connectivity index (χ3v) is 3.14. The van der Waals surface area contributed by atoms with E-state index in [1.165, 1.54) is 6.07 Å². The molecule has 0 heterocycles. The fourth-order valence-electron chi connectivity index (χ4n) is 1.68. The van der Waals surface area contributed by atoms with Gasteiger partial charge in [0.05, 0.1) is 0 Å². The highest BCUT2D eigenvalue weighted by molar-refractivity contribution is 9.10. The topological polar surface area (TPSA) is 67.2 Å². The summed E-state index contributed by atoms with van der Waals surface area (Å²) in [4.78, 5) is 10.7. The van der Waals surface area contributed by atoms with Crippen LogP contribution in [0.25, 0.3) is 0 Å². The Bertz CT molecular complexity index is 616. The number of amides is 2. The lowest BCUT2D eigenvalue weighted by atomic mass is 10.2. The van der Waals surface area contributed by atoms with Crippen LogP contribution >= 0.6 is 15.9 Å². The van der Waals surface area contributed by atoms with E-state index in [9.17, 15) is 9.18 Å². The highest BCUT2D eigenvalue weighted by atomic mass is 79.9. The molecular weight excluding hydrogens is 325 g/mol. The van der Waals surface area contributed by atoms with Gasteiger partial charge >= 0.3 is 6.03 Å². The molecule has 0 aliphatic carbocycles. The summed E-state index contributed by atoms with van der Waals surface area (Å²) in [6.45, 7) is 0.377. The lowest BCUT2D eigenvalue weighted by Gasteiger charge is -2.09. The van der Waals surface area contributed by atoms with Crippen molar-refractivity contribution in [2.45, 2.75) is 6.54 Å². The molecule has 0 aromatic heterocycles. The maximum absolute atomic E-state index is 13.6. The van der Waals surface area contributed by atoms with Crippen molar-refractivity contribution in [3.8, 4) is 0 Å². The molecule has 20 heavy (non-hydrogen) atoms. The first-order chi connectivity index (χ1) is 9.54. The molecule has 2 aromatic carbocycles. The number of anilines is 2. The van der Waals surface area contributed by atoms with E-state index in [1.807, 2.05) is 0 Å². The van der Waals surface area contributed by atoms with E-state index in [0.717, 1.165) is 5.69 Å². The number of hydrogen-bond acceptors (Lipinski definition) is 2. The van der Waals surface area contributed by atoms with Gasteiger partial charge in [0.2, 0.25) is 0 Å². The number of carbonyl (C=O) groups excluding carboxylic acids is 1. The van der Waals surface area contributed by atoms with E-state index in [1.54, 1.807) is 36.4 Å². The Labute approximate surface area is 124 Å². The SMILES string of the molecule is NC(=O)Nc1ccc(NCc2ccc(Br)cc2F)cc1. The Morgan fingerprint density at radius 1 is 1.15 bits per heavy atom. The maximum Gasteiger partial charge on any atom is 0.316 e. The van der Waals surface area contributed by atoms with Crippen molar-refractivity contribution < 1.29 is 9.18 Å². The van der Waals surface area contributed by atoms with Gasteiger partial charge in [-0.05, 0) is 36.4 Å². The average molecular weight is 338 g/mol. The Balaban J connectivity index is 1.98. The van der Waals surface area contributed by atoms with E-state index in [-0.39, 0.29) is 5.82 Å². The molecule has 4 nitrogen and oxygen atoms in total. The fourth-order valence-corrected chi connectivity index (χ4v) is 2.01. The highest BCUT2D eigenvalue weighted by Crippen LogP contribution is 2.18. The molecule has 2 rings (SSSR count). The molecule has 0 radical (unpaired) electrons. The predicted octanol–water partition coefficient (Wildman–Crippen LogP) is 3.69. The van der Waals surface area contributed by atoms with Crippen LogP contribution in [0.1, 0.15) is 5.56 Å². The van der Waals surface area contributed by atoms with E-state index in [0.29, 0.717) is 22.3 Å². The Morgan fingerprint density at radius 3 is 2.40 bits per heavy atom. The number of nitrogens with one attached hydrogen (secondary N) is 2. The van der Waals surface area contributed by atoms with E-state index in [4.69, 9.17) is 5.73 Å². The van der Waals surface area contributed by atoms with Gasteiger partial charge in [-0.2, -0.15) is 0 Å². The van der Waals surface area contributed by atoms with Crippen molar-refractivity contribution in [2.75, 3.05) is 10.6 Å². The highest BCUT2D eigenvalue weighted by Gasteiger charge is 2.03. The van der Waals surface area contributed by atoms with E-state index < -0.39 is 6.03 Å². The molecule has 2 aromatic rings. The summed E-state index contributed by atoms with van der Waals surface area (Å²) in [5, 5.41) is 5.57. The van der Waals surface area contributed by atoms with Gasteiger partial charge in [-0.3, -0.25) is 0 Å². The quantitative estimate of drug-likeness (QED) is 0.796. The van der Waals surface area contributed by atoms with Crippen LogP contribution < -0.4 is 16.4 Å². The standard InChI is InChI=1S/C14H13BrFN3O/c15-10-2-1-9(13(16)7-10)8-18-11-3-5-12(6-4-11)19-14(17)20/h1-7,18H,8H2,(H3,17,19,20). The van der Waals surface area contributed by atoms with Crippen molar-refractivity contribution in [3.63, 3.8) is 0 Å². The first kappa shape index (κ1) is 14.3. The predicted molar refractivity (Wildman–Crippen MR) is 81.1 cm³/mol. The molecule has 0 bridgehead atoms. The van der Waals surface area contributed by atoms with Crippen LogP contribution in [0.5, 0.6) is 0 Å². The summed E-state index contributed by atoms with van der Waals surface area (Å²) < 4.78 is 14.3. The molecule has 0 aliphatic heterocycles. The van der Waals surface area contributed by atoms with Crippen LogP contribution in [0, 0.1) is 5.82 Å². The molecule has 0 atom stereocenters. The number of urea groups is 1. The minimum Gasteiger partial charge on any atom is -0.381 e. The molecule has 0 fully saturated rings. The number of carbonyl (C=O) groups is 1. The van der Waals surface area contributed by atoms with E-state index >= 15 is 0 Å². The molecule has 0 unspecified atom stereocenters. The number of rotatable bonds is 4. The molecule has 0 saturated carbocycles. The summed E-state index contributed by atoms with van der Waals surface area (Å²) in [6, 6.07) is 11.3. The summed E-state index contributed by atoms with van der Waals surface area (Å²) in [5.74, 6) is -0.265. The molecule has 6 heteroatoms. The summed E-state index contributed by atoms with van der Waals surface area (Å²) in [7, 11) is 0. The summed E-state index contributed by atoms with van der Waals surface area (Å²) >= 11 is 3.21. The van der Waals surface area contributed by atoms with Gasteiger partial charge in [-0.15, -0.1) is 0 Å². The number of primary amides is 1. The minimum atomic E-state index is -0.609. The lowest BCUT2D eigenvalue weighted by Crippen LogP contribution is -2.19. The molecule has 4 N–H and O–H groups in total. The van der Waals surface area contributed by atoms with Gasteiger partial charge in [0.1, 0.15) is 5.82 Å². The molecule has 0 spiro atoms. The second-order valence-corrected chi connectivity index (χ2v) is 5.07. The van der Waals surface area contributed by atoms with Crippen molar-refractivity contribution in [1.29, 1.82) is 0 Å². The molecule has 0 saturated heterocycles. The van der Waals surface area contributed by atoms with E-state index in [2.05, 4.69) is 26.6 Å². The molecule has 104 valence electrons. The minimum absolute atomic E-state index is 0.265. The second-order valence-electron chi connectivity index (χ2n) is 4.16. The second kappa shape index (κ2) is 6.38. The van der Waals surface area contributed by atoms with Crippen LogP contribution in [0.4, 0.5) is 20.6 Å². The van der Waals surface area contributed by atoms with Crippen LogP contribution in [0.2, 0.25) is 0 Å². The number of hydrogen-bond donors (Lipinski definition) is 3. The summed E-state index contributed by atoms with van der Waals surface area (Å²) in [5.41, 5.74) is 7.02. The third-order valence-electron chi connectivity index (χ3n) is 2.65. The Hall–Kier alpha value is -2.08. The normalized spacial score (nSPS) is 10.1. The zero-order valence-corrected chi connectivity index (χ0v) is 12.1. The maximum atomic E-state index is 13.6. The van der Waals surface area contributed by atoms with Crippen molar-refractivity contribution in [1.82, 2.24) is 0 Å². The Morgan fingerprint density at radius 2 is 1.80 bits per heavy atom. The first-order valence-corrected chi connectivity index (χ1v) is 6.68. The third kappa shape index (κ3) is 3.96. The smallest absolute Gasteiger partial charge is 0.316 e. The molecule has 2 amide bonds. The van der Waals surface area contributed by atoms with Crippen molar-refractivity contribution in [2.24, 2.45) is 5.73 Å². The summed E-state index contributed by atoms with van der Waals surface area (Å²) in [6.07, 6.45) is 0. The number of benzene rings is 2. The van der Waals surface area contributed by atoms with Gasteiger partial charge in [0.15, 0.2) is 0 Å². The van der Waals surface area contributed by atoms with Gasteiger partial charge < -0.3 is 16.4 Å². The molecule has 0 aliphatic rings. The molecular formula is C14H13BrFN3O. The number of halogens is 2. The zero-order chi connectivity index (χ0) is 14.5. The zero-order valence-electron chi connectivity index (χ0n) is 10.5. The van der Waals surface area contributed by atoms with Gasteiger partial charge in [0, 0.05) is 28.0 Å². The number of nitrogens with two attached hydrogens (primary N) is 1. The first-order valence-electron chi connectivity index (χ1n) is 5.89. The van der Waals surface area contributed by atoms with Crippen LogP contribution in [-0.4, -0.2) is 6.03 Å². The van der Waals surface area contributed by atoms with Gasteiger partial charge in [-0.1, -0.05) is 22.0 Å². The monoisotopic (exact) mass is 337 g/mol. The van der Waals surface area contributed by atoms with Gasteiger partial charge in [0.25, 0.3) is 0 Å². The van der Waals surface area contributed by atoms with Gasteiger partial charge in [-0.25, -0.2) is 9.18 Å². The Kier molecular flexibility index (Phi) is 4.57. The van der Waals surface area contributed by atoms with Crippen molar-refractivity contribution in [3.05, 3.63) is 58.3 Å². The van der Waals surface area contributed by atoms with Crippen LogP contribution in [-0.2, 0) is 6.54 Å². The average Bonchev–Trinajstić information content (AvgIpc) is 2.39. The fraction of sp³-hybridized carbons (Fsp3) is 0.0714. The largest absolute Gasteiger partial charge is 0.381 e. The van der Waals surface area contributed by atoms with Crippen molar-refractivity contribution >= 4 is 33.3 Å². The van der Waals surface area contributed by atoms with Crippen LogP contribution in [0.3, 0.4) is 0 Å². The van der Waals surface area contributed by atoms with Crippen LogP contribution in [0.15, 0.2) is 46.9 Å².